The van der Waals surface area contributed by atoms with Crippen LogP contribution < -0.4 is 5.32 Å². The molecule has 0 aromatic heterocycles. The molecule has 5 nitrogen and oxygen atoms in total. The second-order valence-electron chi connectivity index (χ2n) is 6.51. The van der Waals surface area contributed by atoms with E-state index < -0.39 is 6.10 Å². The minimum atomic E-state index is -0.543. The molecular weight excluding hydrogens is 330 g/mol. The number of rotatable bonds is 10. The van der Waals surface area contributed by atoms with Gasteiger partial charge in [-0.1, -0.05) is 42.5 Å². The lowest BCUT2D eigenvalue weighted by Gasteiger charge is -2.20. The maximum atomic E-state index is 12.3. The molecule has 0 saturated heterocycles. The van der Waals surface area contributed by atoms with Crippen molar-refractivity contribution in [3.63, 3.8) is 0 Å². The second-order valence-corrected chi connectivity index (χ2v) is 6.51. The number of aliphatic hydroxyl groups excluding tert-OH is 1. The molecule has 0 saturated carbocycles. The van der Waals surface area contributed by atoms with Gasteiger partial charge in [0.05, 0.1) is 25.4 Å². The quantitative estimate of drug-likeness (QED) is 0.610. The van der Waals surface area contributed by atoms with E-state index in [0.29, 0.717) is 25.9 Å². The lowest BCUT2D eigenvalue weighted by Crippen LogP contribution is -2.40. The van der Waals surface area contributed by atoms with Gasteiger partial charge >= 0.3 is 0 Å². The Kier molecular flexibility index (Phi) is 8.12. The van der Waals surface area contributed by atoms with Gasteiger partial charge in [0.25, 0.3) is 0 Å². The molecule has 1 amide bonds. The van der Waals surface area contributed by atoms with Crippen LogP contribution in [-0.2, 0) is 22.4 Å². The van der Waals surface area contributed by atoms with Gasteiger partial charge in [-0.2, -0.15) is 0 Å². The average Bonchev–Trinajstić information content (AvgIpc) is 2.62. The van der Waals surface area contributed by atoms with E-state index in [1.165, 1.54) is 0 Å². The van der Waals surface area contributed by atoms with Crippen LogP contribution in [0.2, 0.25) is 0 Å². The first-order valence-electron chi connectivity index (χ1n) is 8.90. The van der Waals surface area contributed by atoms with Crippen LogP contribution in [0, 0.1) is 0 Å². The van der Waals surface area contributed by atoms with Gasteiger partial charge in [0.1, 0.15) is 5.75 Å². The zero-order chi connectivity index (χ0) is 18.8. The number of ether oxygens (including phenoxy) is 1. The number of hydrogen-bond acceptors (Lipinski definition) is 4. The van der Waals surface area contributed by atoms with Gasteiger partial charge in [-0.3, -0.25) is 4.79 Å². The summed E-state index contributed by atoms with van der Waals surface area (Å²) in [5, 5.41) is 21.7. The van der Waals surface area contributed by atoms with Crippen molar-refractivity contribution in [3.05, 3.63) is 65.7 Å². The average molecular weight is 357 g/mol. The summed E-state index contributed by atoms with van der Waals surface area (Å²) in [7, 11) is 0. The predicted molar refractivity (Wildman–Crippen MR) is 101 cm³/mol. The Balaban J connectivity index is 1.88. The minimum Gasteiger partial charge on any atom is -0.508 e. The van der Waals surface area contributed by atoms with Crippen LogP contribution >= 0.6 is 0 Å². The first kappa shape index (κ1) is 19.9. The normalized spacial score (nSPS) is 13.2. The summed E-state index contributed by atoms with van der Waals surface area (Å²) in [6.07, 6.45) is 1.15. The lowest BCUT2D eigenvalue weighted by molar-refractivity contribution is -0.122. The van der Waals surface area contributed by atoms with E-state index >= 15 is 0 Å². The third kappa shape index (κ3) is 7.68. The van der Waals surface area contributed by atoms with Gasteiger partial charge in [-0.25, -0.2) is 0 Å². The number of carbonyl (C=O) groups is 1. The van der Waals surface area contributed by atoms with Crippen LogP contribution in [0.3, 0.4) is 0 Å². The number of hydrogen-bond donors (Lipinski definition) is 3. The number of aryl methyl sites for hydroxylation is 1. The van der Waals surface area contributed by atoms with Gasteiger partial charge in [0.2, 0.25) is 5.91 Å². The Morgan fingerprint density at radius 3 is 2.38 bits per heavy atom. The van der Waals surface area contributed by atoms with E-state index in [4.69, 9.17) is 4.74 Å². The molecule has 2 rings (SSSR count). The molecule has 0 aliphatic carbocycles. The van der Waals surface area contributed by atoms with Crippen LogP contribution in [0.25, 0.3) is 0 Å². The Morgan fingerprint density at radius 1 is 1.04 bits per heavy atom. The van der Waals surface area contributed by atoms with Crippen molar-refractivity contribution in [1.82, 2.24) is 5.32 Å². The van der Waals surface area contributed by atoms with Crippen LogP contribution in [0.1, 0.15) is 24.5 Å². The van der Waals surface area contributed by atoms with Crippen molar-refractivity contribution in [2.24, 2.45) is 0 Å². The zero-order valence-corrected chi connectivity index (χ0v) is 15.1. The zero-order valence-electron chi connectivity index (χ0n) is 15.1. The van der Waals surface area contributed by atoms with Gasteiger partial charge in [-0.15, -0.1) is 0 Å². The molecule has 26 heavy (non-hydrogen) atoms. The number of nitrogens with one attached hydrogen (secondary N) is 1. The Hall–Kier alpha value is -2.37. The van der Waals surface area contributed by atoms with Crippen molar-refractivity contribution >= 4 is 5.91 Å². The second kappa shape index (κ2) is 10.6. The fourth-order valence-electron chi connectivity index (χ4n) is 2.65. The molecule has 0 aliphatic rings. The highest BCUT2D eigenvalue weighted by Gasteiger charge is 2.14. The van der Waals surface area contributed by atoms with Gasteiger partial charge in [0, 0.05) is 6.42 Å². The van der Waals surface area contributed by atoms with E-state index in [9.17, 15) is 15.0 Å². The summed E-state index contributed by atoms with van der Waals surface area (Å²) >= 11 is 0. The number of phenolic OH excluding ortho intramolecular Hbond substituents is 1. The van der Waals surface area contributed by atoms with E-state index in [1.807, 2.05) is 42.5 Å². The highest BCUT2D eigenvalue weighted by Crippen LogP contribution is 2.12. The fraction of sp³-hybridized carbons (Fsp3) is 0.381. The van der Waals surface area contributed by atoms with Crippen molar-refractivity contribution < 1.29 is 19.7 Å². The third-order valence-corrected chi connectivity index (χ3v) is 3.95. The monoisotopic (exact) mass is 357 g/mol. The maximum Gasteiger partial charge on any atom is 0.220 e. The molecule has 140 valence electrons. The topological polar surface area (TPSA) is 78.8 Å². The largest absolute Gasteiger partial charge is 0.508 e. The first-order chi connectivity index (χ1) is 12.5. The summed E-state index contributed by atoms with van der Waals surface area (Å²) < 4.78 is 5.50. The van der Waals surface area contributed by atoms with E-state index in [-0.39, 0.29) is 24.3 Å². The number of carbonyl (C=O) groups excluding carboxylic acids is 1. The van der Waals surface area contributed by atoms with Crippen LogP contribution in [-0.4, -0.2) is 41.5 Å². The van der Waals surface area contributed by atoms with Gasteiger partial charge in [0.15, 0.2) is 0 Å². The number of aliphatic hydroxyl groups is 1. The molecule has 3 N–H and O–H groups in total. The number of phenols is 1. The first-order valence-corrected chi connectivity index (χ1v) is 8.90. The van der Waals surface area contributed by atoms with Crippen molar-refractivity contribution in [2.75, 3.05) is 13.2 Å². The SMILES string of the molecule is C[C@@H](O)COC[C@@H](Cc1ccc(O)cc1)NC(=O)CCc1ccccc1. The van der Waals surface area contributed by atoms with Gasteiger partial charge < -0.3 is 20.3 Å². The number of aromatic hydroxyl groups is 1. The third-order valence-electron chi connectivity index (χ3n) is 3.95. The standard InChI is InChI=1S/C21H27NO4/c1-16(23)14-26-15-19(13-18-7-10-20(24)11-8-18)22-21(25)12-9-17-5-3-2-4-6-17/h2-8,10-11,16,19,23-24H,9,12-15H2,1H3,(H,22,25)/t16-,19-/m1/s1. The molecule has 2 aromatic carbocycles. The maximum absolute atomic E-state index is 12.3. The van der Waals surface area contributed by atoms with Crippen LogP contribution in [0.4, 0.5) is 0 Å². The van der Waals surface area contributed by atoms with E-state index in [0.717, 1.165) is 11.1 Å². The van der Waals surface area contributed by atoms with Crippen LogP contribution in [0.5, 0.6) is 5.75 Å². The van der Waals surface area contributed by atoms with Gasteiger partial charge in [-0.05, 0) is 43.0 Å². The Bertz CT molecular complexity index is 655. The van der Waals surface area contributed by atoms with Crippen LogP contribution in [0.15, 0.2) is 54.6 Å². The molecule has 0 radical (unpaired) electrons. The summed E-state index contributed by atoms with van der Waals surface area (Å²) in [6.45, 7) is 2.21. The molecular formula is C21H27NO4. The van der Waals surface area contributed by atoms with Crippen molar-refractivity contribution in [1.29, 1.82) is 0 Å². The Labute approximate surface area is 154 Å². The predicted octanol–water partition coefficient (Wildman–Crippen LogP) is 2.45. The molecule has 2 atom stereocenters. The summed E-state index contributed by atoms with van der Waals surface area (Å²) in [6, 6.07) is 16.6. The van der Waals surface area contributed by atoms with E-state index in [2.05, 4.69) is 5.32 Å². The molecule has 0 aliphatic heterocycles. The highest BCUT2D eigenvalue weighted by atomic mass is 16.5. The summed E-state index contributed by atoms with van der Waals surface area (Å²) in [5.41, 5.74) is 2.12. The number of amides is 1. The molecule has 0 heterocycles. The molecule has 5 heteroatoms. The molecule has 0 bridgehead atoms. The lowest BCUT2D eigenvalue weighted by atomic mass is 10.1. The fourth-order valence-corrected chi connectivity index (χ4v) is 2.65. The van der Waals surface area contributed by atoms with Crippen molar-refractivity contribution in [2.45, 2.75) is 38.3 Å². The minimum absolute atomic E-state index is 0.0294. The molecule has 2 aromatic rings. The van der Waals surface area contributed by atoms with Crippen molar-refractivity contribution in [3.8, 4) is 5.75 Å². The number of benzene rings is 2. The smallest absolute Gasteiger partial charge is 0.220 e. The summed E-state index contributed by atoms with van der Waals surface area (Å²) in [4.78, 5) is 12.3. The summed E-state index contributed by atoms with van der Waals surface area (Å²) in [5.74, 6) is 0.181. The molecule has 0 unspecified atom stereocenters. The Morgan fingerprint density at radius 2 is 1.73 bits per heavy atom. The highest BCUT2D eigenvalue weighted by molar-refractivity contribution is 5.76. The molecule has 0 fully saturated rings. The molecule has 0 spiro atoms. The van der Waals surface area contributed by atoms with E-state index in [1.54, 1.807) is 19.1 Å².